The van der Waals surface area contributed by atoms with Gasteiger partial charge >= 0.3 is 0 Å². The minimum Gasteiger partial charge on any atom is -0.206 e. The van der Waals surface area contributed by atoms with Gasteiger partial charge in [-0.2, -0.15) is 10.2 Å². The monoisotopic (exact) mass is 424 g/mol. The third kappa shape index (κ3) is 6.26. The average Bonchev–Trinajstić information content (AvgIpc) is 2.75. The van der Waals surface area contributed by atoms with Crippen LogP contribution in [0.15, 0.2) is 64.8 Å². The van der Waals surface area contributed by atoms with E-state index in [0.717, 1.165) is 31.4 Å². The van der Waals surface area contributed by atoms with E-state index in [1.165, 1.54) is 18.2 Å². The zero-order valence-electron chi connectivity index (χ0n) is 16.9. The van der Waals surface area contributed by atoms with Crippen molar-refractivity contribution in [1.29, 1.82) is 0 Å². The standard InChI is InChI=1S/C25H20F4N2/c1-2-3-4-5-18-14-23(27)21(24(28)15-18)12-8-17-6-9-19(10-7-17)30-31-20-11-13-22(26)25(29)16-20/h6-7,9-11,13-16H,2-5H2,1H3. The molecule has 31 heavy (non-hydrogen) atoms. The summed E-state index contributed by atoms with van der Waals surface area (Å²) in [6.07, 6.45) is 3.58. The van der Waals surface area contributed by atoms with Crippen molar-refractivity contribution in [2.45, 2.75) is 32.6 Å². The molecule has 0 amide bonds. The number of hydrogen-bond acceptors (Lipinski definition) is 2. The van der Waals surface area contributed by atoms with Crippen LogP contribution >= 0.6 is 0 Å². The van der Waals surface area contributed by atoms with Gasteiger partial charge in [0.2, 0.25) is 0 Å². The maximum atomic E-state index is 14.3. The number of hydrogen-bond donors (Lipinski definition) is 0. The Bertz CT molecular complexity index is 1120. The molecule has 0 unspecified atom stereocenters. The molecule has 0 saturated heterocycles. The minimum absolute atomic E-state index is 0.173. The van der Waals surface area contributed by atoms with Gasteiger partial charge < -0.3 is 0 Å². The van der Waals surface area contributed by atoms with Crippen molar-refractivity contribution >= 4 is 11.4 Å². The van der Waals surface area contributed by atoms with Gasteiger partial charge in [-0.05, 0) is 66.9 Å². The van der Waals surface area contributed by atoms with Crippen LogP contribution in [0.2, 0.25) is 0 Å². The lowest BCUT2D eigenvalue weighted by molar-refractivity contribution is 0.509. The summed E-state index contributed by atoms with van der Waals surface area (Å²) < 4.78 is 54.7. The van der Waals surface area contributed by atoms with Crippen LogP contribution in [0.3, 0.4) is 0 Å². The molecule has 158 valence electrons. The summed E-state index contributed by atoms with van der Waals surface area (Å²) in [7, 11) is 0. The van der Waals surface area contributed by atoms with Gasteiger partial charge in [-0.15, -0.1) is 0 Å². The van der Waals surface area contributed by atoms with Crippen LogP contribution in [0.25, 0.3) is 0 Å². The molecule has 0 spiro atoms. The first kappa shape index (κ1) is 22.2. The van der Waals surface area contributed by atoms with E-state index in [1.807, 2.05) is 0 Å². The zero-order chi connectivity index (χ0) is 22.2. The molecule has 3 aromatic rings. The second-order valence-corrected chi connectivity index (χ2v) is 6.99. The summed E-state index contributed by atoms with van der Waals surface area (Å²) in [5, 5.41) is 7.79. The molecular formula is C25H20F4N2. The number of rotatable bonds is 6. The molecule has 3 aromatic carbocycles. The van der Waals surface area contributed by atoms with Crippen LogP contribution in [0.4, 0.5) is 28.9 Å². The highest BCUT2D eigenvalue weighted by atomic mass is 19.2. The average molecular weight is 424 g/mol. The Morgan fingerprint density at radius 1 is 0.677 bits per heavy atom. The quantitative estimate of drug-likeness (QED) is 0.167. The lowest BCUT2D eigenvalue weighted by Crippen LogP contribution is -1.95. The Morgan fingerprint density at radius 2 is 1.32 bits per heavy atom. The number of benzene rings is 3. The number of azo groups is 1. The Hall–Kier alpha value is -3.46. The molecule has 2 nitrogen and oxygen atoms in total. The Morgan fingerprint density at radius 3 is 1.97 bits per heavy atom. The first-order chi connectivity index (χ1) is 15.0. The molecule has 0 aliphatic rings. The first-order valence-electron chi connectivity index (χ1n) is 9.93. The van der Waals surface area contributed by atoms with Gasteiger partial charge in [-0.3, -0.25) is 0 Å². The lowest BCUT2D eigenvalue weighted by Gasteiger charge is -2.04. The molecule has 0 aromatic heterocycles. The number of halogens is 4. The summed E-state index contributed by atoms with van der Waals surface area (Å²) in [6.45, 7) is 2.07. The largest absolute Gasteiger partial charge is 0.206 e. The van der Waals surface area contributed by atoms with Gasteiger partial charge in [0.15, 0.2) is 11.6 Å². The van der Waals surface area contributed by atoms with Crippen molar-refractivity contribution in [3.8, 4) is 11.8 Å². The summed E-state index contributed by atoms with van der Waals surface area (Å²) in [6, 6.07) is 12.4. The smallest absolute Gasteiger partial charge is 0.161 e. The fraction of sp³-hybridized carbons (Fsp3) is 0.200. The second kappa shape index (κ2) is 10.5. The van der Waals surface area contributed by atoms with E-state index in [9.17, 15) is 17.6 Å². The SMILES string of the molecule is CCCCCc1cc(F)c(C#Cc2ccc(N=Nc3ccc(F)c(F)c3)cc2)c(F)c1. The van der Waals surface area contributed by atoms with Crippen molar-refractivity contribution < 1.29 is 17.6 Å². The normalized spacial score (nSPS) is 10.9. The molecular weight excluding hydrogens is 404 g/mol. The summed E-state index contributed by atoms with van der Waals surface area (Å²) in [5.41, 5.74) is 1.54. The summed E-state index contributed by atoms with van der Waals surface area (Å²) in [4.78, 5) is 0. The molecule has 0 saturated carbocycles. The lowest BCUT2D eigenvalue weighted by atomic mass is 10.0. The van der Waals surface area contributed by atoms with Crippen LogP contribution in [0, 0.1) is 35.1 Å². The maximum absolute atomic E-state index is 14.3. The van der Waals surface area contributed by atoms with Gasteiger partial charge in [0, 0.05) is 11.6 Å². The fourth-order valence-electron chi connectivity index (χ4n) is 2.88. The minimum atomic E-state index is -1.00. The van der Waals surface area contributed by atoms with E-state index in [1.54, 1.807) is 24.3 Å². The summed E-state index contributed by atoms with van der Waals surface area (Å²) >= 11 is 0. The number of aryl methyl sites for hydroxylation is 1. The highest BCUT2D eigenvalue weighted by Crippen LogP contribution is 2.21. The van der Waals surface area contributed by atoms with Gasteiger partial charge in [-0.1, -0.05) is 31.6 Å². The number of nitrogens with zero attached hydrogens (tertiary/aromatic N) is 2. The van der Waals surface area contributed by atoms with E-state index in [0.29, 0.717) is 23.2 Å². The van der Waals surface area contributed by atoms with Crippen LogP contribution in [0.1, 0.15) is 42.9 Å². The Kier molecular flexibility index (Phi) is 7.55. The molecule has 0 bridgehead atoms. The number of unbranched alkanes of at least 4 members (excludes halogenated alkanes) is 2. The van der Waals surface area contributed by atoms with Crippen molar-refractivity contribution in [3.63, 3.8) is 0 Å². The molecule has 0 aliphatic heterocycles. The Balaban J connectivity index is 1.70. The van der Waals surface area contributed by atoms with E-state index in [4.69, 9.17) is 0 Å². The molecule has 6 heteroatoms. The van der Waals surface area contributed by atoms with Gasteiger partial charge in [0.25, 0.3) is 0 Å². The molecule has 0 atom stereocenters. The molecule has 3 rings (SSSR count). The molecule has 0 fully saturated rings. The van der Waals surface area contributed by atoms with Crippen molar-refractivity contribution in [1.82, 2.24) is 0 Å². The van der Waals surface area contributed by atoms with Crippen LogP contribution in [0.5, 0.6) is 0 Å². The van der Waals surface area contributed by atoms with Crippen LogP contribution < -0.4 is 0 Å². The van der Waals surface area contributed by atoms with Crippen molar-refractivity contribution in [2.24, 2.45) is 10.2 Å². The highest BCUT2D eigenvalue weighted by Gasteiger charge is 2.09. The highest BCUT2D eigenvalue weighted by molar-refractivity contribution is 5.49. The predicted molar refractivity (Wildman–Crippen MR) is 113 cm³/mol. The van der Waals surface area contributed by atoms with Crippen LogP contribution in [-0.2, 0) is 6.42 Å². The van der Waals surface area contributed by atoms with Gasteiger partial charge in [0.05, 0.1) is 16.9 Å². The third-order valence-corrected chi connectivity index (χ3v) is 4.55. The van der Waals surface area contributed by atoms with Crippen molar-refractivity contribution in [2.75, 3.05) is 0 Å². The van der Waals surface area contributed by atoms with E-state index >= 15 is 0 Å². The second-order valence-electron chi connectivity index (χ2n) is 6.99. The van der Waals surface area contributed by atoms with Gasteiger partial charge in [0.1, 0.15) is 11.6 Å². The molecule has 0 heterocycles. The molecule has 0 N–H and O–H groups in total. The van der Waals surface area contributed by atoms with E-state index in [2.05, 4.69) is 29.0 Å². The zero-order valence-corrected chi connectivity index (χ0v) is 16.9. The molecule has 0 aliphatic carbocycles. The maximum Gasteiger partial charge on any atom is 0.161 e. The van der Waals surface area contributed by atoms with Crippen molar-refractivity contribution in [3.05, 3.63) is 94.6 Å². The van der Waals surface area contributed by atoms with E-state index in [-0.39, 0.29) is 11.3 Å². The fourth-order valence-corrected chi connectivity index (χ4v) is 2.88. The topological polar surface area (TPSA) is 24.7 Å². The summed E-state index contributed by atoms with van der Waals surface area (Å²) in [5.74, 6) is 1.98. The predicted octanol–water partition coefficient (Wildman–Crippen LogP) is 7.79. The third-order valence-electron chi connectivity index (χ3n) is 4.55. The molecule has 0 radical (unpaired) electrons. The Labute approximate surface area is 178 Å². The van der Waals surface area contributed by atoms with E-state index < -0.39 is 23.3 Å². The van der Waals surface area contributed by atoms with Crippen LogP contribution in [-0.4, -0.2) is 0 Å². The first-order valence-corrected chi connectivity index (χ1v) is 9.93. The van der Waals surface area contributed by atoms with Gasteiger partial charge in [-0.25, -0.2) is 17.6 Å².